The fourth-order valence-corrected chi connectivity index (χ4v) is 5.02. The topological polar surface area (TPSA) is 45.3 Å². The van der Waals surface area contributed by atoms with Crippen LogP contribution in [0.5, 0.6) is 5.75 Å². The van der Waals surface area contributed by atoms with Crippen LogP contribution < -0.4 is 4.74 Å². The Morgan fingerprint density at radius 2 is 1.82 bits per heavy atom. The summed E-state index contributed by atoms with van der Waals surface area (Å²) in [5.41, 5.74) is 5.68. The molecule has 1 amide bonds. The quantitative estimate of drug-likeness (QED) is 0.297. The Morgan fingerprint density at radius 1 is 1.09 bits per heavy atom. The molecule has 33 heavy (non-hydrogen) atoms. The van der Waals surface area contributed by atoms with Gasteiger partial charge in [0.2, 0.25) is 0 Å². The highest BCUT2D eigenvalue weighted by atomic mass is 79.9. The van der Waals surface area contributed by atoms with Gasteiger partial charge in [0.25, 0.3) is 0 Å². The van der Waals surface area contributed by atoms with Crippen molar-refractivity contribution in [1.29, 1.82) is 0 Å². The Kier molecular flexibility index (Phi) is 5.94. The van der Waals surface area contributed by atoms with Crippen LogP contribution >= 0.6 is 27.5 Å². The number of nitrogens with zero attached hydrogens (tertiary/aromatic N) is 1. The van der Waals surface area contributed by atoms with Gasteiger partial charge in [-0.15, -0.1) is 0 Å². The lowest BCUT2D eigenvalue weighted by atomic mass is 9.91. The van der Waals surface area contributed by atoms with E-state index in [0.29, 0.717) is 23.2 Å². The van der Waals surface area contributed by atoms with Gasteiger partial charge in [0.1, 0.15) is 11.8 Å². The first-order chi connectivity index (χ1) is 15.9. The van der Waals surface area contributed by atoms with Gasteiger partial charge >= 0.3 is 6.09 Å². The Bertz CT molecular complexity index is 1310. The maximum absolute atomic E-state index is 13.3. The molecule has 3 aromatic carbocycles. The third-order valence-electron chi connectivity index (χ3n) is 6.26. The smallest absolute Gasteiger partial charge is 0.410 e. The van der Waals surface area contributed by atoms with Gasteiger partial charge in [-0.25, -0.2) is 4.79 Å². The lowest BCUT2D eigenvalue weighted by molar-refractivity contribution is 0.135. The number of carbonyl (C=O) groups excluding carboxylic acids is 1. The Labute approximate surface area is 206 Å². The van der Waals surface area contributed by atoms with Crippen molar-refractivity contribution in [3.8, 4) is 5.75 Å². The van der Waals surface area contributed by atoms with Gasteiger partial charge in [-0.1, -0.05) is 65.6 Å². The van der Waals surface area contributed by atoms with E-state index < -0.39 is 0 Å². The fraction of sp³-hybridized carbons (Fsp3) is 0.222. The molecule has 1 aromatic heterocycles. The summed E-state index contributed by atoms with van der Waals surface area (Å²) in [5, 5.41) is 1.79. The van der Waals surface area contributed by atoms with Crippen LogP contribution in [-0.4, -0.2) is 22.5 Å². The molecule has 0 saturated carbocycles. The Balaban J connectivity index is 1.57. The molecule has 0 bridgehead atoms. The minimum Gasteiger partial charge on any atom is -0.410 e. The first kappa shape index (κ1) is 22.1. The molecule has 4 nitrogen and oxygen atoms in total. The Morgan fingerprint density at radius 3 is 2.52 bits per heavy atom. The summed E-state index contributed by atoms with van der Waals surface area (Å²) in [6, 6.07) is 21.4. The highest BCUT2D eigenvalue weighted by Crippen LogP contribution is 2.40. The van der Waals surface area contributed by atoms with Gasteiger partial charge in [0.15, 0.2) is 0 Å². The van der Waals surface area contributed by atoms with Crippen molar-refractivity contribution in [3.63, 3.8) is 0 Å². The summed E-state index contributed by atoms with van der Waals surface area (Å²) in [6.45, 7) is 4.92. The molecule has 0 saturated heterocycles. The van der Waals surface area contributed by atoms with Gasteiger partial charge in [-0.2, -0.15) is 0 Å². The molecular weight excluding hydrogens is 500 g/mol. The number of rotatable bonds is 3. The summed E-state index contributed by atoms with van der Waals surface area (Å²) in [5.74, 6) is 0.919. The monoisotopic (exact) mass is 522 g/mol. The highest BCUT2D eigenvalue weighted by molar-refractivity contribution is 9.10. The van der Waals surface area contributed by atoms with Crippen molar-refractivity contribution in [2.24, 2.45) is 0 Å². The van der Waals surface area contributed by atoms with Gasteiger partial charge < -0.3 is 9.72 Å². The SMILES string of the molecule is CC(C)c1ccc(C2c3[nH]c4ccc(Br)cc4c3CCN2C(=O)Oc2ccc(Cl)cc2)cc1. The summed E-state index contributed by atoms with van der Waals surface area (Å²) in [7, 11) is 0. The second kappa shape index (κ2) is 8.88. The molecule has 1 aliphatic heterocycles. The van der Waals surface area contributed by atoms with Crippen molar-refractivity contribution >= 4 is 44.5 Å². The number of fused-ring (bicyclic) bond motifs is 3. The second-order valence-electron chi connectivity index (χ2n) is 8.70. The standard InChI is InChI=1S/C27H24BrClN2O2/c1-16(2)17-3-5-18(6-4-17)26-25-22(23-15-19(28)7-12-24(23)30-25)13-14-31(26)27(32)33-21-10-8-20(29)9-11-21/h3-12,15-16,26,30H,13-14H2,1-2H3. The molecule has 0 radical (unpaired) electrons. The van der Waals surface area contributed by atoms with Gasteiger partial charge in [0, 0.05) is 32.6 Å². The largest absolute Gasteiger partial charge is 0.416 e. The van der Waals surface area contributed by atoms with Crippen LogP contribution in [0.25, 0.3) is 10.9 Å². The molecule has 6 heteroatoms. The number of ether oxygens (including phenoxy) is 1. The molecule has 168 valence electrons. The number of aromatic nitrogens is 1. The molecular formula is C27H24BrClN2O2. The summed E-state index contributed by atoms with van der Waals surface area (Å²) >= 11 is 9.58. The number of hydrogen-bond acceptors (Lipinski definition) is 2. The van der Waals surface area contributed by atoms with Crippen molar-refractivity contribution in [2.75, 3.05) is 6.54 Å². The van der Waals surface area contributed by atoms with E-state index >= 15 is 0 Å². The number of halogens is 2. The highest BCUT2D eigenvalue weighted by Gasteiger charge is 2.35. The molecule has 1 unspecified atom stereocenters. The number of hydrogen-bond donors (Lipinski definition) is 1. The zero-order valence-electron chi connectivity index (χ0n) is 18.4. The van der Waals surface area contributed by atoms with Crippen LogP contribution in [-0.2, 0) is 6.42 Å². The summed E-state index contributed by atoms with van der Waals surface area (Å²) < 4.78 is 6.78. The minimum atomic E-state index is -0.374. The lowest BCUT2D eigenvalue weighted by Crippen LogP contribution is -2.42. The van der Waals surface area contributed by atoms with Gasteiger partial charge in [-0.3, -0.25) is 4.90 Å². The number of aromatic amines is 1. The summed E-state index contributed by atoms with van der Waals surface area (Å²) in [4.78, 5) is 18.7. The van der Waals surface area contributed by atoms with Crippen LogP contribution in [0.3, 0.4) is 0 Å². The van der Waals surface area contributed by atoms with E-state index in [2.05, 4.69) is 71.2 Å². The molecule has 1 aliphatic rings. The maximum Gasteiger partial charge on any atom is 0.416 e. The van der Waals surface area contributed by atoms with Crippen LogP contribution in [0, 0.1) is 0 Å². The van der Waals surface area contributed by atoms with Crippen molar-refractivity contribution in [1.82, 2.24) is 9.88 Å². The van der Waals surface area contributed by atoms with Crippen LogP contribution in [0.2, 0.25) is 5.02 Å². The van der Waals surface area contributed by atoms with E-state index in [-0.39, 0.29) is 12.1 Å². The molecule has 5 rings (SSSR count). The molecule has 2 heterocycles. The Hall–Kier alpha value is -2.76. The third kappa shape index (κ3) is 4.28. The molecule has 4 aromatic rings. The zero-order chi connectivity index (χ0) is 23.1. The second-order valence-corrected chi connectivity index (χ2v) is 10.0. The predicted molar refractivity (Wildman–Crippen MR) is 136 cm³/mol. The van der Waals surface area contributed by atoms with Gasteiger partial charge in [-0.05, 0) is 71.5 Å². The lowest BCUT2D eigenvalue weighted by Gasteiger charge is -2.35. The third-order valence-corrected chi connectivity index (χ3v) is 7.01. The summed E-state index contributed by atoms with van der Waals surface area (Å²) in [6.07, 6.45) is 0.378. The predicted octanol–water partition coefficient (Wildman–Crippen LogP) is 7.85. The average molecular weight is 524 g/mol. The van der Waals surface area contributed by atoms with Crippen LogP contribution in [0.1, 0.15) is 48.2 Å². The van der Waals surface area contributed by atoms with Crippen LogP contribution in [0.4, 0.5) is 4.79 Å². The van der Waals surface area contributed by atoms with Crippen molar-refractivity contribution in [2.45, 2.75) is 32.2 Å². The molecule has 1 N–H and O–H groups in total. The average Bonchev–Trinajstić information content (AvgIpc) is 3.17. The number of nitrogens with one attached hydrogen (secondary N) is 1. The van der Waals surface area contributed by atoms with E-state index in [1.807, 2.05) is 11.0 Å². The molecule has 0 spiro atoms. The van der Waals surface area contributed by atoms with E-state index in [1.165, 1.54) is 16.5 Å². The van der Waals surface area contributed by atoms with E-state index in [4.69, 9.17) is 16.3 Å². The normalized spacial score (nSPS) is 15.7. The molecule has 1 atom stereocenters. The first-order valence-electron chi connectivity index (χ1n) is 11.0. The van der Waals surface area contributed by atoms with Crippen molar-refractivity contribution in [3.05, 3.63) is 98.6 Å². The maximum atomic E-state index is 13.3. The van der Waals surface area contributed by atoms with Crippen LogP contribution in [0.15, 0.2) is 71.2 Å². The van der Waals surface area contributed by atoms with E-state index in [9.17, 15) is 4.79 Å². The number of carbonyl (C=O) groups is 1. The van der Waals surface area contributed by atoms with Gasteiger partial charge in [0.05, 0.1) is 0 Å². The molecule has 0 fully saturated rings. The zero-order valence-corrected chi connectivity index (χ0v) is 20.8. The van der Waals surface area contributed by atoms with E-state index in [1.54, 1.807) is 24.3 Å². The van der Waals surface area contributed by atoms with E-state index in [0.717, 1.165) is 27.7 Å². The fourth-order valence-electron chi connectivity index (χ4n) is 4.53. The minimum absolute atomic E-state index is 0.263. The number of H-pyrrole nitrogens is 1. The number of amides is 1. The van der Waals surface area contributed by atoms with Crippen molar-refractivity contribution < 1.29 is 9.53 Å². The first-order valence-corrected chi connectivity index (χ1v) is 12.2. The number of benzene rings is 3. The molecule has 0 aliphatic carbocycles.